The van der Waals surface area contributed by atoms with Gasteiger partial charge in [0.15, 0.2) is 0 Å². The summed E-state index contributed by atoms with van der Waals surface area (Å²) in [5.41, 5.74) is 7.55. The second-order valence-corrected chi connectivity index (χ2v) is 8.22. The number of hydrogen-bond acceptors (Lipinski definition) is 3. The average molecular weight is 412 g/mol. The SMILES string of the molecule is O=C1CCc2cc(C(=O)NCc3ccc(CN4CCc5ccccc54)cc3)ccc2N1. The molecule has 0 bridgehead atoms. The van der Waals surface area contributed by atoms with E-state index in [9.17, 15) is 9.59 Å². The highest BCUT2D eigenvalue weighted by Crippen LogP contribution is 2.29. The normalized spacial score (nSPS) is 14.6. The number of benzene rings is 3. The number of anilines is 2. The first-order valence-corrected chi connectivity index (χ1v) is 10.8. The minimum absolute atomic E-state index is 0.0297. The van der Waals surface area contributed by atoms with Crippen molar-refractivity contribution in [1.82, 2.24) is 5.32 Å². The molecule has 156 valence electrons. The molecule has 5 nitrogen and oxygen atoms in total. The number of nitrogens with one attached hydrogen (secondary N) is 2. The van der Waals surface area contributed by atoms with Crippen LogP contribution in [0.3, 0.4) is 0 Å². The molecule has 0 fully saturated rings. The molecule has 0 saturated heterocycles. The van der Waals surface area contributed by atoms with Crippen LogP contribution in [0.1, 0.15) is 39.0 Å². The second kappa shape index (κ2) is 8.26. The summed E-state index contributed by atoms with van der Waals surface area (Å²) in [6.45, 7) is 2.44. The zero-order chi connectivity index (χ0) is 21.2. The minimum Gasteiger partial charge on any atom is -0.367 e. The molecule has 2 aliphatic rings. The molecular weight excluding hydrogens is 386 g/mol. The average Bonchev–Trinajstić information content (AvgIpc) is 3.21. The fourth-order valence-electron chi connectivity index (χ4n) is 4.36. The summed E-state index contributed by atoms with van der Waals surface area (Å²) in [4.78, 5) is 26.5. The standard InChI is InChI=1S/C26H25N3O2/c30-25-12-10-21-15-22(9-11-23(21)28-25)26(31)27-16-18-5-7-19(8-6-18)17-29-14-13-20-3-1-2-4-24(20)29/h1-9,11,15H,10,12-14,16-17H2,(H,27,31)(H,28,30). The Kier molecular flexibility index (Phi) is 5.16. The van der Waals surface area contributed by atoms with Gasteiger partial charge >= 0.3 is 0 Å². The number of rotatable bonds is 5. The van der Waals surface area contributed by atoms with Gasteiger partial charge in [-0.25, -0.2) is 0 Å². The van der Waals surface area contributed by atoms with Gasteiger partial charge in [-0.2, -0.15) is 0 Å². The van der Waals surface area contributed by atoms with Crippen molar-refractivity contribution in [2.75, 3.05) is 16.8 Å². The number of fused-ring (bicyclic) bond motifs is 2. The Morgan fingerprint density at radius 3 is 2.58 bits per heavy atom. The van der Waals surface area contributed by atoms with Crippen LogP contribution in [0.4, 0.5) is 11.4 Å². The summed E-state index contributed by atoms with van der Waals surface area (Å²) in [7, 11) is 0. The molecule has 2 N–H and O–H groups in total. The van der Waals surface area contributed by atoms with Gasteiger partial charge in [-0.15, -0.1) is 0 Å². The maximum atomic E-state index is 12.6. The van der Waals surface area contributed by atoms with Crippen LogP contribution in [-0.2, 0) is 30.7 Å². The van der Waals surface area contributed by atoms with Crippen LogP contribution in [0, 0.1) is 0 Å². The van der Waals surface area contributed by atoms with Gasteiger partial charge in [0.2, 0.25) is 5.91 Å². The molecule has 3 aromatic carbocycles. The van der Waals surface area contributed by atoms with Crippen LogP contribution in [0.2, 0.25) is 0 Å². The fraction of sp³-hybridized carbons (Fsp3) is 0.231. The number of carbonyl (C=O) groups is 2. The first-order chi connectivity index (χ1) is 15.2. The number of nitrogens with zero attached hydrogens (tertiary/aromatic N) is 1. The van der Waals surface area contributed by atoms with Crippen LogP contribution >= 0.6 is 0 Å². The molecule has 0 aliphatic carbocycles. The van der Waals surface area contributed by atoms with Crippen molar-refractivity contribution >= 4 is 23.2 Å². The van der Waals surface area contributed by atoms with E-state index in [1.807, 2.05) is 12.1 Å². The highest BCUT2D eigenvalue weighted by Gasteiger charge is 2.18. The minimum atomic E-state index is -0.0996. The summed E-state index contributed by atoms with van der Waals surface area (Å²) in [5.74, 6) is -0.0699. The molecule has 31 heavy (non-hydrogen) atoms. The maximum Gasteiger partial charge on any atom is 0.251 e. The highest BCUT2D eigenvalue weighted by molar-refractivity contribution is 5.97. The van der Waals surface area contributed by atoms with Crippen LogP contribution in [0.25, 0.3) is 0 Å². The van der Waals surface area contributed by atoms with Crippen molar-refractivity contribution in [2.24, 2.45) is 0 Å². The summed E-state index contributed by atoms with van der Waals surface area (Å²) >= 11 is 0. The summed E-state index contributed by atoms with van der Waals surface area (Å²) in [6, 6.07) is 22.5. The van der Waals surface area contributed by atoms with Crippen molar-refractivity contribution in [3.8, 4) is 0 Å². The lowest BCUT2D eigenvalue weighted by atomic mass is 10.00. The predicted molar refractivity (Wildman–Crippen MR) is 122 cm³/mol. The molecule has 5 rings (SSSR count). The molecule has 2 amide bonds. The summed E-state index contributed by atoms with van der Waals surface area (Å²) < 4.78 is 0. The van der Waals surface area contributed by atoms with E-state index in [4.69, 9.17) is 0 Å². The van der Waals surface area contributed by atoms with Crippen LogP contribution in [0.5, 0.6) is 0 Å². The third-order valence-corrected chi connectivity index (χ3v) is 6.10. The van der Waals surface area contributed by atoms with Crippen LogP contribution in [0.15, 0.2) is 66.7 Å². The molecule has 0 aromatic heterocycles. The lowest BCUT2D eigenvalue weighted by molar-refractivity contribution is -0.116. The van der Waals surface area contributed by atoms with E-state index in [0.29, 0.717) is 24.9 Å². The zero-order valence-electron chi connectivity index (χ0n) is 17.4. The second-order valence-electron chi connectivity index (χ2n) is 8.22. The number of amides is 2. The van der Waals surface area contributed by atoms with Crippen molar-refractivity contribution in [3.05, 3.63) is 94.5 Å². The third-order valence-electron chi connectivity index (χ3n) is 6.10. The molecular formula is C26H25N3O2. The Morgan fingerprint density at radius 1 is 0.903 bits per heavy atom. The predicted octanol–water partition coefficient (Wildman–Crippen LogP) is 4.06. The van der Waals surface area contributed by atoms with E-state index < -0.39 is 0 Å². The van der Waals surface area contributed by atoms with E-state index in [0.717, 1.165) is 36.3 Å². The van der Waals surface area contributed by atoms with Crippen molar-refractivity contribution in [1.29, 1.82) is 0 Å². The van der Waals surface area contributed by atoms with Gasteiger partial charge < -0.3 is 15.5 Å². The number of para-hydroxylation sites is 1. The summed E-state index contributed by atoms with van der Waals surface area (Å²) in [6.07, 6.45) is 2.24. The molecule has 5 heteroatoms. The van der Waals surface area contributed by atoms with Crippen LogP contribution < -0.4 is 15.5 Å². The summed E-state index contributed by atoms with van der Waals surface area (Å²) in [5, 5.41) is 5.85. The highest BCUT2D eigenvalue weighted by atomic mass is 16.2. The Hall–Kier alpha value is -3.60. The van der Waals surface area contributed by atoms with Gasteiger partial charge in [-0.1, -0.05) is 42.5 Å². The van der Waals surface area contributed by atoms with Gasteiger partial charge in [0.25, 0.3) is 5.91 Å². The van der Waals surface area contributed by atoms with Crippen molar-refractivity contribution < 1.29 is 9.59 Å². The van der Waals surface area contributed by atoms with Gasteiger partial charge in [0.1, 0.15) is 0 Å². The Balaban J connectivity index is 1.18. The first kappa shape index (κ1) is 19.4. The van der Waals surface area contributed by atoms with Gasteiger partial charge in [-0.3, -0.25) is 9.59 Å². The molecule has 0 spiro atoms. The topological polar surface area (TPSA) is 61.4 Å². The van der Waals surface area contributed by atoms with Crippen LogP contribution in [-0.4, -0.2) is 18.4 Å². The Bertz CT molecular complexity index is 1140. The maximum absolute atomic E-state index is 12.6. The van der Waals surface area contributed by atoms with Gasteiger partial charge in [0, 0.05) is 43.0 Å². The van der Waals surface area contributed by atoms with E-state index >= 15 is 0 Å². The third kappa shape index (κ3) is 4.17. The van der Waals surface area contributed by atoms with E-state index in [2.05, 4.69) is 64.1 Å². The van der Waals surface area contributed by atoms with E-state index in [1.165, 1.54) is 16.8 Å². The lowest BCUT2D eigenvalue weighted by Gasteiger charge is -2.19. The van der Waals surface area contributed by atoms with Crippen molar-refractivity contribution in [2.45, 2.75) is 32.4 Å². The number of carbonyl (C=O) groups excluding carboxylic acids is 2. The quantitative estimate of drug-likeness (QED) is 0.666. The van der Waals surface area contributed by atoms with E-state index in [-0.39, 0.29) is 11.8 Å². The van der Waals surface area contributed by atoms with Gasteiger partial charge in [0.05, 0.1) is 0 Å². The van der Waals surface area contributed by atoms with Gasteiger partial charge in [-0.05, 0) is 59.4 Å². The molecule has 2 aliphatic heterocycles. The Labute approximate surface area is 182 Å². The molecule has 0 radical (unpaired) electrons. The van der Waals surface area contributed by atoms with Crippen molar-refractivity contribution in [3.63, 3.8) is 0 Å². The molecule has 0 saturated carbocycles. The molecule has 0 atom stereocenters. The largest absolute Gasteiger partial charge is 0.367 e. The van der Waals surface area contributed by atoms with E-state index in [1.54, 1.807) is 6.07 Å². The zero-order valence-corrected chi connectivity index (χ0v) is 17.4. The Morgan fingerprint density at radius 2 is 1.71 bits per heavy atom. The number of hydrogen-bond donors (Lipinski definition) is 2. The monoisotopic (exact) mass is 411 g/mol. The first-order valence-electron chi connectivity index (χ1n) is 10.8. The number of aryl methyl sites for hydroxylation is 1. The lowest BCUT2D eigenvalue weighted by Crippen LogP contribution is -2.24. The molecule has 2 heterocycles. The molecule has 0 unspecified atom stereocenters. The smallest absolute Gasteiger partial charge is 0.251 e. The fourth-order valence-corrected chi connectivity index (χ4v) is 4.36. The molecule has 3 aromatic rings.